The molecule has 4 rings (SSSR count). The van der Waals surface area contributed by atoms with Gasteiger partial charge in [-0.3, -0.25) is 4.79 Å². The van der Waals surface area contributed by atoms with Gasteiger partial charge < -0.3 is 5.32 Å². The molecule has 0 spiro atoms. The predicted molar refractivity (Wildman–Crippen MR) is 121 cm³/mol. The van der Waals surface area contributed by atoms with Crippen molar-refractivity contribution in [2.45, 2.75) is 13.8 Å². The number of rotatable bonds is 4. The number of aryl methyl sites for hydroxylation is 1. The Morgan fingerprint density at radius 1 is 0.933 bits per heavy atom. The van der Waals surface area contributed by atoms with Gasteiger partial charge in [0.1, 0.15) is 0 Å². The maximum absolute atomic E-state index is 12.9. The number of benzene rings is 3. The van der Waals surface area contributed by atoms with E-state index in [0.717, 1.165) is 22.4 Å². The number of hydrogen-bond acceptors (Lipinski definition) is 3. The largest absolute Gasteiger partial charge is 0.319 e. The Kier molecular flexibility index (Phi) is 5.57. The lowest BCUT2D eigenvalue weighted by Gasteiger charge is -2.10. The van der Waals surface area contributed by atoms with Crippen LogP contribution in [0.15, 0.2) is 66.7 Å². The zero-order chi connectivity index (χ0) is 21.3. The van der Waals surface area contributed by atoms with Crippen LogP contribution in [0.25, 0.3) is 17.1 Å². The van der Waals surface area contributed by atoms with E-state index in [0.29, 0.717) is 21.6 Å². The Labute approximate surface area is 184 Å². The number of nitrogens with one attached hydrogen (secondary N) is 1. The van der Waals surface area contributed by atoms with Gasteiger partial charge in [0.15, 0.2) is 5.82 Å². The molecule has 1 N–H and O–H groups in total. The standard InChI is InChI=1S/C23H18Cl2N4O/c1-14-6-3-4-8-19(14)26-23(30)21-27-22(16-10-12-17(24)13-11-16)29(28-21)20-9-5-7-18(25)15(20)2/h3-13H,1-2H3,(H,26,30). The van der Waals surface area contributed by atoms with Crippen LogP contribution in [-0.2, 0) is 0 Å². The summed E-state index contributed by atoms with van der Waals surface area (Å²) in [4.78, 5) is 17.4. The number of carbonyl (C=O) groups is 1. The number of para-hydroxylation sites is 1. The molecule has 0 atom stereocenters. The van der Waals surface area contributed by atoms with Gasteiger partial charge in [-0.25, -0.2) is 9.67 Å². The Bertz CT molecular complexity index is 1230. The highest BCUT2D eigenvalue weighted by Gasteiger charge is 2.20. The molecule has 0 aliphatic carbocycles. The minimum Gasteiger partial charge on any atom is -0.319 e. The van der Waals surface area contributed by atoms with Crippen molar-refractivity contribution in [3.8, 4) is 17.1 Å². The number of nitrogens with zero attached hydrogens (tertiary/aromatic N) is 3. The van der Waals surface area contributed by atoms with Crippen LogP contribution in [0.5, 0.6) is 0 Å². The first-order valence-electron chi connectivity index (χ1n) is 9.29. The van der Waals surface area contributed by atoms with E-state index in [1.54, 1.807) is 16.8 Å². The third kappa shape index (κ3) is 3.95. The van der Waals surface area contributed by atoms with Gasteiger partial charge in [-0.05, 0) is 67.4 Å². The van der Waals surface area contributed by atoms with Gasteiger partial charge in [-0.15, -0.1) is 5.10 Å². The molecular formula is C23H18Cl2N4O. The van der Waals surface area contributed by atoms with Gasteiger partial charge in [0.05, 0.1) is 5.69 Å². The van der Waals surface area contributed by atoms with Crippen LogP contribution in [0, 0.1) is 13.8 Å². The molecule has 0 saturated heterocycles. The molecule has 150 valence electrons. The molecule has 0 radical (unpaired) electrons. The normalized spacial score (nSPS) is 10.8. The van der Waals surface area contributed by atoms with Gasteiger partial charge in [-0.1, -0.05) is 47.5 Å². The van der Waals surface area contributed by atoms with Gasteiger partial charge in [0, 0.05) is 21.3 Å². The number of halogens is 2. The Morgan fingerprint density at radius 3 is 2.40 bits per heavy atom. The smallest absolute Gasteiger partial charge is 0.295 e. The van der Waals surface area contributed by atoms with Crippen LogP contribution in [0.4, 0.5) is 5.69 Å². The van der Waals surface area contributed by atoms with Crippen molar-refractivity contribution >= 4 is 34.8 Å². The minimum absolute atomic E-state index is 0.0579. The van der Waals surface area contributed by atoms with Crippen molar-refractivity contribution in [2.75, 3.05) is 5.32 Å². The second kappa shape index (κ2) is 8.30. The average molecular weight is 437 g/mol. The van der Waals surface area contributed by atoms with Crippen molar-refractivity contribution in [3.63, 3.8) is 0 Å². The van der Waals surface area contributed by atoms with E-state index in [4.69, 9.17) is 23.2 Å². The summed E-state index contributed by atoms with van der Waals surface area (Å²) in [7, 11) is 0. The van der Waals surface area contributed by atoms with Gasteiger partial charge >= 0.3 is 0 Å². The number of anilines is 1. The fourth-order valence-corrected chi connectivity index (χ4v) is 3.37. The highest BCUT2D eigenvalue weighted by Crippen LogP contribution is 2.27. The first-order valence-corrected chi connectivity index (χ1v) is 10.0. The van der Waals surface area contributed by atoms with Crippen molar-refractivity contribution in [3.05, 3.63) is 93.7 Å². The molecule has 1 amide bonds. The minimum atomic E-state index is -0.391. The molecule has 0 fully saturated rings. The predicted octanol–water partition coefficient (Wildman–Crippen LogP) is 6.11. The van der Waals surface area contributed by atoms with Gasteiger partial charge in [0.25, 0.3) is 5.91 Å². The fraction of sp³-hybridized carbons (Fsp3) is 0.0870. The molecule has 0 bridgehead atoms. The van der Waals surface area contributed by atoms with Gasteiger partial charge in [0.2, 0.25) is 5.82 Å². The summed E-state index contributed by atoms with van der Waals surface area (Å²) in [6.45, 7) is 3.83. The van der Waals surface area contributed by atoms with Crippen molar-refractivity contribution in [1.82, 2.24) is 14.8 Å². The molecule has 1 heterocycles. The number of hydrogen-bond donors (Lipinski definition) is 1. The SMILES string of the molecule is Cc1ccccc1NC(=O)c1nc(-c2ccc(Cl)cc2)n(-c2cccc(Cl)c2C)n1. The van der Waals surface area contributed by atoms with Crippen LogP contribution >= 0.6 is 23.2 Å². The number of carbonyl (C=O) groups excluding carboxylic acids is 1. The lowest BCUT2D eigenvalue weighted by atomic mass is 10.1. The Balaban J connectivity index is 1.81. The monoisotopic (exact) mass is 436 g/mol. The van der Waals surface area contributed by atoms with Gasteiger partial charge in [-0.2, -0.15) is 0 Å². The van der Waals surface area contributed by atoms with E-state index in [2.05, 4.69) is 15.4 Å². The lowest BCUT2D eigenvalue weighted by Crippen LogP contribution is -2.15. The Hall–Kier alpha value is -3.15. The quantitative estimate of drug-likeness (QED) is 0.419. The van der Waals surface area contributed by atoms with Crippen LogP contribution in [0.2, 0.25) is 10.0 Å². The molecule has 5 nitrogen and oxygen atoms in total. The summed E-state index contributed by atoms with van der Waals surface area (Å²) in [5.74, 6) is 0.187. The number of aromatic nitrogens is 3. The molecule has 7 heteroatoms. The summed E-state index contributed by atoms with van der Waals surface area (Å²) >= 11 is 12.4. The highest BCUT2D eigenvalue weighted by atomic mass is 35.5. The average Bonchev–Trinajstić information content (AvgIpc) is 3.17. The first kappa shape index (κ1) is 20.1. The lowest BCUT2D eigenvalue weighted by molar-refractivity contribution is 0.101. The van der Waals surface area contributed by atoms with E-state index < -0.39 is 5.91 Å². The summed E-state index contributed by atoms with van der Waals surface area (Å²) in [5, 5.41) is 8.61. The van der Waals surface area contributed by atoms with Crippen LogP contribution in [0.1, 0.15) is 21.7 Å². The van der Waals surface area contributed by atoms with Crippen molar-refractivity contribution < 1.29 is 4.79 Å². The third-order valence-electron chi connectivity index (χ3n) is 4.77. The summed E-state index contributed by atoms with van der Waals surface area (Å²) in [5.41, 5.74) is 4.03. The fourth-order valence-electron chi connectivity index (χ4n) is 3.08. The van der Waals surface area contributed by atoms with E-state index in [1.807, 2.05) is 68.4 Å². The molecule has 0 aliphatic heterocycles. The molecule has 4 aromatic rings. The molecule has 0 unspecified atom stereocenters. The number of amides is 1. The molecule has 3 aromatic carbocycles. The maximum atomic E-state index is 12.9. The van der Waals surface area contributed by atoms with E-state index in [9.17, 15) is 4.79 Å². The van der Waals surface area contributed by atoms with Crippen LogP contribution in [-0.4, -0.2) is 20.7 Å². The summed E-state index contributed by atoms with van der Waals surface area (Å²) in [6, 6.07) is 20.3. The van der Waals surface area contributed by atoms with Crippen LogP contribution in [0.3, 0.4) is 0 Å². The van der Waals surface area contributed by atoms with Crippen molar-refractivity contribution in [1.29, 1.82) is 0 Å². The topological polar surface area (TPSA) is 59.8 Å². The molecular weight excluding hydrogens is 419 g/mol. The first-order chi connectivity index (χ1) is 14.4. The molecule has 1 aromatic heterocycles. The van der Waals surface area contributed by atoms with E-state index in [-0.39, 0.29) is 5.82 Å². The van der Waals surface area contributed by atoms with Crippen molar-refractivity contribution in [2.24, 2.45) is 0 Å². The second-order valence-electron chi connectivity index (χ2n) is 6.83. The Morgan fingerprint density at radius 2 is 1.67 bits per heavy atom. The zero-order valence-electron chi connectivity index (χ0n) is 16.4. The summed E-state index contributed by atoms with van der Waals surface area (Å²) < 4.78 is 1.64. The molecule has 0 aliphatic rings. The van der Waals surface area contributed by atoms with E-state index in [1.165, 1.54) is 0 Å². The second-order valence-corrected chi connectivity index (χ2v) is 7.67. The molecule has 0 saturated carbocycles. The molecule has 30 heavy (non-hydrogen) atoms. The highest BCUT2D eigenvalue weighted by molar-refractivity contribution is 6.31. The van der Waals surface area contributed by atoms with E-state index >= 15 is 0 Å². The third-order valence-corrected chi connectivity index (χ3v) is 5.43. The van der Waals surface area contributed by atoms with Crippen LogP contribution < -0.4 is 5.32 Å². The zero-order valence-corrected chi connectivity index (χ0v) is 17.9. The maximum Gasteiger partial charge on any atom is 0.295 e. The summed E-state index contributed by atoms with van der Waals surface area (Å²) in [6.07, 6.45) is 0.